The molecule has 0 radical (unpaired) electrons. The molecule has 0 aliphatic rings. The minimum Gasteiger partial charge on any atom is -0.346 e. The number of hydrogen-bond donors (Lipinski definition) is 3. The van der Waals surface area contributed by atoms with Crippen molar-refractivity contribution in [1.29, 1.82) is 0 Å². The van der Waals surface area contributed by atoms with Crippen LogP contribution in [0.15, 0.2) is 30.9 Å². The van der Waals surface area contributed by atoms with Crippen molar-refractivity contribution in [3.8, 4) is 0 Å². The highest BCUT2D eigenvalue weighted by molar-refractivity contribution is 7.13. The van der Waals surface area contributed by atoms with Crippen LogP contribution in [-0.2, 0) is 5.41 Å². The smallest absolute Gasteiger partial charge is 0.271 e. The standard InChI is InChI=1S/C21H21ClN8O2S/c1-10(27-19(32)15-11-5-6-23-17(11)26-9-25-15)20-24-8-13(33-20)18(31)28-14-7-12(21(2,3)4)16(22)30-29-14/h5-10H,1-4H3,(H,27,32)(H,23,25,26)(H,28,29,31). The summed E-state index contributed by atoms with van der Waals surface area (Å²) in [5.41, 5.74) is 1.36. The van der Waals surface area contributed by atoms with E-state index in [2.05, 4.69) is 40.8 Å². The summed E-state index contributed by atoms with van der Waals surface area (Å²) in [5, 5.41) is 15.0. The largest absolute Gasteiger partial charge is 0.346 e. The Morgan fingerprint density at radius 2 is 1.94 bits per heavy atom. The number of nitrogens with one attached hydrogen (secondary N) is 3. The molecule has 0 fully saturated rings. The Kier molecular flexibility index (Phi) is 6.09. The van der Waals surface area contributed by atoms with Crippen LogP contribution in [0.2, 0.25) is 5.15 Å². The molecule has 1 unspecified atom stereocenters. The van der Waals surface area contributed by atoms with Crippen molar-refractivity contribution < 1.29 is 9.59 Å². The van der Waals surface area contributed by atoms with Gasteiger partial charge in [-0.1, -0.05) is 32.4 Å². The molecule has 2 amide bonds. The van der Waals surface area contributed by atoms with Crippen molar-refractivity contribution in [3.05, 3.63) is 57.1 Å². The van der Waals surface area contributed by atoms with Crippen LogP contribution < -0.4 is 10.6 Å². The number of aromatic amines is 1. The molecule has 12 heteroatoms. The number of H-pyrrole nitrogens is 1. The van der Waals surface area contributed by atoms with E-state index in [-0.39, 0.29) is 22.9 Å². The molecule has 4 rings (SSSR count). The summed E-state index contributed by atoms with van der Waals surface area (Å²) in [6, 6.07) is 3.02. The third kappa shape index (κ3) is 4.83. The number of hydrogen-bond acceptors (Lipinski definition) is 8. The van der Waals surface area contributed by atoms with Crippen LogP contribution in [-0.4, -0.2) is 41.9 Å². The second kappa shape index (κ2) is 8.83. The van der Waals surface area contributed by atoms with Gasteiger partial charge in [-0.05, 0) is 24.5 Å². The van der Waals surface area contributed by atoms with Gasteiger partial charge in [-0.3, -0.25) is 9.59 Å². The summed E-state index contributed by atoms with van der Waals surface area (Å²) in [6.07, 6.45) is 4.48. The van der Waals surface area contributed by atoms with E-state index < -0.39 is 6.04 Å². The number of carbonyl (C=O) groups excluding carboxylic acids is 2. The summed E-state index contributed by atoms with van der Waals surface area (Å²) < 4.78 is 0. The number of carbonyl (C=O) groups is 2. The lowest BCUT2D eigenvalue weighted by atomic mass is 9.88. The van der Waals surface area contributed by atoms with E-state index in [4.69, 9.17) is 11.6 Å². The van der Waals surface area contributed by atoms with Crippen LogP contribution in [0.25, 0.3) is 11.0 Å². The zero-order valence-electron chi connectivity index (χ0n) is 18.3. The molecule has 0 saturated carbocycles. The number of halogens is 1. The van der Waals surface area contributed by atoms with Gasteiger partial charge in [0.1, 0.15) is 27.6 Å². The summed E-state index contributed by atoms with van der Waals surface area (Å²) in [4.78, 5) is 41.2. The van der Waals surface area contributed by atoms with Gasteiger partial charge in [-0.15, -0.1) is 21.5 Å². The van der Waals surface area contributed by atoms with E-state index in [1.165, 1.54) is 23.9 Å². The lowest BCUT2D eigenvalue weighted by Gasteiger charge is -2.20. The number of fused-ring (bicyclic) bond motifs is 1. The lowest BCUT2D eigenvalue weighted by molar-refractivity contribution is 0.0936. The third-order valence-electron chi connectivity index (χ3n) is 4.83. The molecule has 4 aromatic rings. The Morgan fingerprint density at radius 1 is 1.15 bits per heavy atom. The number of thiazole rings is 1. The molecule has 0 saturated heterocycles. The quantitative estimate of drug-likeness (QED) is 0.390. The molecule has 0 aliphatic heterocycles. The Labute approximate surface area is 198 Å². The van der Waals surface area contributed by atoms with Crippen LogP contribution >= 0.6 is 22.9 Å². The topological polar surface area (TPSA) is 138 Å². The number of amides is 2. The maximum atomic E-state index is 12.7. The van der Waals surface area contributed by atoms with Crippen LogP contribution in [0.1, 0.15) is 64.5 Å². The molecule has 170 valence electrons. The summed E-state index contributed by atoms with van der Waals surface area (Å²) >= 11 is 7.32. The summed E-state index contributed by atoms with van der Waals surface area (Å²) in [6.45, 7) is 7.77. The number of anilines is 1. The second-order valence-electron chi connectivity index (χ2n) is 8.36. The maximum absolute atomic E-state index is 12.7. The van der Waals surface area contributed by atoms with Gasteiger partial charge in [-0.25, -0.2) is 15.0 Å². The average Bonchev–Trinajstić information content (AvgIpc) is 3.43. The van der Waals surface area contributed by atoms with Gasteiger partial charge in [0, 0.05) is 11.8 Å². The van der Waals surface area contributed by atoms with Crippen molar-refractivity contribution in [2.75, 3.05) is 5.32 Å². The van der Waals surface area contributed by atoms with E-state index in [0.29, 0.717) is 31.9 Å². The number of nitrogens with zero attached hydrogens (tertiary/aromatic N) is 5. The van der Waals surface area contributed by atoms with Crippen LogP contribution in [0, 0.1) is 0 Å². The van der Waals surface area contributed by atoms with Gasteiger partial charge in [0.05, 0.1) is 17.6 Å². The summed E-state index contributed by atoms with van der Waals surface area (Å²) in [7, 11) is 0. The van der Waals surface area contributed by atoms with Crippen molar-refractivity contribution in [3.63, 3.8) is 0 Å². The Bertz CT molecular complexity index is 1340. The van der Waals surface area contributed by atoms with Gasteiger partial charge in [0.2, 0.25) is 0 Å². The predicted octanol–water partition coefficient (Wildman–Crippen LogP) is 3.90. The Morgan fingerprint density at radius 3 is 2.70 bits per heavy atom. The molecular formula is C21H21ClN8O2S. The fourth-order valence-electron chi connectivity index (χ4n) is 3.11. The minimum atomic E-state index is -0.434. The van der Waals surface area contributed by atoms with E-state index >= 15 is 0 Å². The highest BCUT2D eigenvalue weighted by Gasteiger charge is 2.22. The normalized spacial score (nSPS) is 12.5. The van der Waals surface area contributed by atoms with Gasteiger partial charge in [0.15, 0.2) is 11.0 Å². The van der Waals surface area contributed by atoms with E-state index in [1.807, 2.05) is 20.8 Å². The highest BCUT2D eigenvalue weighted by Crippen LogP contribution is 2.29. The molecule has 0 bridgehead atoms. The van der Waals surface area contributed by atoms with Crippen LogP contribution in [0.4, 0.5) is 5.82 Å². The van der Waals surface area contributed by atoms with Crippen LogP contribution in [0.5, 0.6) is 0 Å². The van der Waals surface area contributed by atoms with Gasteiger partial charge in [-0.2, -0.15) is 0 Å². The first-order valence-corrected chi connectivity index (χ1v) is 11.2. The molecule has 3 N–H and O–H groups in total. The third-order valence-corrected chi connectivity index (χ3v) is 6.29. The first-order valence-electron chi connectivity index (χ1n) is 10.0. The SMILES string of the molecule is CC(NC(=O)c1ncnc2[nH]ccc12)c1ncc(C(=O)Nc2cc(C(C)(C)C)c(Cl)nn2)s1. The molecule has 0 aromatic carbocycles. The van der Waals surface area contributed by atoms with Gasteiger partial charge < -0.3 is 15.6 Å². The number of aromatic nitrogens is 6. The summed E-state index contributed by atoms with van der Waals surface area (Å²) in [5.74, 6) is -0.439. The molecular weight excluding hydrogens is 464 g/mol. The zero-order chi connectivity index (χ0) is 23.8. The Hall–Kier alpha value is -3.44. The van der Waals surface area contributed by atoms with Gasteiger partial charge >= 0.3 is 0 Å². The van der Waals surface area contributed by atoms with E-state index in [9.17, 15) is 9.59 Å². The minimum absolute atomic E-state index is 0.257. The van der Waals surface area contributed by atoms with Gasteiger partial charge in [0.25, 0.3) is 11.8 Å². The molecule has 1 atom stereocenters. The lowest BCUT2D eigenvalue weighted by Crippen LogP contribution is -2.27. The number of rotatable bonds is 5. The highest BCUT2D eigenvalue weighted by atomic mass is 35.5. The van der Waals surface area contributed by atoms with Crippen molar-refractivity contribution in [1.82, 2.24) is 35.5 Å². The Balaban J connectivity index is 1.46. The fourth-order valence-corrected chi connectivity index (χ4v) is 4.31. The maximum Gasteiger partial charge on any atom is 0.271 e. The first kappa shape index (κ1) is 22.7. The molecule has 10 nitrogen and oxygen atoms in total. The second-order valence-corrected chi connectivity index (χ2v) is 9.78. The molecule has 4 heterocycles. The van der Waals surface area contributed by atoms with Crippen molar-refractivity contribution in [2.24, 2.45) is 0 Å². The predicted molar refractivity (Wildman–Crippen MR) is 126 cm³/mol. The molecule has 33 heavy (non-hydrogen) atoms. The van der Waals surface area contributed by atoms with Crippen LogP contribution in [0.3, 0.4) is 0 Å². The van der Waals surface area contributed by atoms with Crippen molar-refractivity contribution in [2.45, 2.75) is 39.2 Å². The molecule has 0 spiro atoms. The van der Waals surface area contributed by atoms with E-state index in [1.54, 1.807) is 25.3 Å². The first-order chi connectivity index (χ1) is 15.6. The molecule has 4 aromatic heterocycles. The van der Waals surface area contributed by atoms with Crippen molar-refractivity contribution >= 4 is 51.6 Å². The zero-order valence-corrected chi connectivity index (χ0v) is 19.9. The molecule has 0 aliphatic carbocycles. The van der Waals surface area contributed by atoms with E-state index in [0.717, 1.165) is 5.56 Å². The average molecular weight is 485 g/mol. The fraction of sp³-hybridized carbons (Fsp3) is 0.286. The monoisotopic (exact) mass is 484 g/mol.